The van der Waals surface area contributed by atoms with Crippen LogP contribution in [0.25, 0.3) is 10.7 Å². The quantitative estimate of drug-likeness (QED) is 0.927. The van der Waals surface area contributed by atoms with Crippen molar-refractivity contribution in [2.24, 2.45) is 5.14 Å². The Kier molecular flexibility index (Phi) is 3.39. The zero-order valence-corrected chi connectivity index (χ0v) is 12.8. The number of fused-ring (bicyclic) bond motifs is 1. The SMILES string of the molecule is CCCn1c(-c2cc3c(s2)CCC3)nnc1S(N)(=O)=O. The Labute approximate surface area is 121 Å². The van der Waals surface area contributed by atoms with Gasteiger partial charge in [-0.25, -0.2) is 13.6 Å². The molecule has 3 rings (SSSR count). The third-order valence-electron chi connectivity index (χ3n) is 3.39. The molecule has 108 valence electrons. The lowest BCUT2D eigenvalue weighted by atomic mass is 10.2. The summed E-state index contributed by atoms with van der Waals surface area (Å²) in [5.74, 6) is 0.607. The number of hydrogen-bond donors (Lipinski definition) is 1. The minimum absolute atomic E-state index is 0.150. The van der Waals surface area contributed by atoms with Crippen molar-refractivity contribution in [3.63, 3.8) is 0 Å². The molecule has 0 unspecified atom stereocenters. The van der Waals surface area contributed by atoms with Crippen LogP contribution in [-0.4, -0.2) is 23.2 Å². The van der Waals surface area contributed by atoms with Gasteiger partial charge in [0.2, 0.25) is 0 Å². The van der Waals surface area contributed by atoms with Crippen LogP contribution in [0.1, 0.15) is 30.2 Å². The molecule has 0 fully saturated rings. The van der Waals surface area contributed by atoms with Crippen LogP contribution < -0.4 is 5.14 Å². The van der Waals surface area contributed by atoms with Crippen LogP contribution in [-0.2, 0) is 29.4 Å². The molecule has 1 aliphatic carbocycles. The van der Waals surface area contributed by atoms with Crippen molar-refractivity contribution >= 4 is 21.4 Å². The summed E-state index contributed by atoms with van der Waals surface area (Å²) in [6, 6.07) is 2.11. The van der Waals surface area contributed by atoms with Gasteiger partial charge in [0, 0.05) is 11.4 Å². The molecule has 0 saturated heterocycles. The van der Waals surface area contributed by atoms with Crippen LogP contribution in [0.5, 0.6) is 0 Å². The van der Waals surface area contributed by atoms with E-state index in [1.54, 1.807) is 15.9 Å². The largest absolute Gasteiger partial charge is 0.296 e. The number of primary sulfonamides is 1. The van der Waals surface area contributed by atoms with Crippen molar-refractivity contribution < 1.29 is 8.42 Å². The van der Waals surface area contributed by atoms with Gasteiger partial charge in [0.15, 0.2) is 5.82 Å². The van der Waals surface area contributed by atoms with Crippen molar-refractivity contribution in [3.8, 4) is 10.7 Å². The molecule has 2 heterocycles. The highest BCUT2D eigenvalue weighted by molar-refractivity contribution is 7.89. The lowest BCUT2D eigenvalue weighted by molar-refractivity contribution is 0.560. The molecule has 0 atom stereocenters. The van der Waals surface area contributed by atoms with Crippen molar-refractivity contribution in [1.82, 2.24) is 14.8 Å². The summed E-state index contributed by atoms with van der Waals surface area (Å²) in [7, 11) is -3.84. The lowest BCUT2D eigenvalue weighted by Gasteiger charge is -2.06. The number of thiophene rings is 1. The molecule has 2 aromatic heterocycles. The maximum Gasteiger partial charge on any atom is 0.273 e. The van der Waals surface area contributed by atoms with Gasteiger partial charge in [-0.2, -0.15) is 0 Å². The zero-order chi connectivity index (χ0) is 14.3. The van der Waals surface area contributed by atoms with Crippen LogP contribution in [0.4, 0.5) is 0 Å². The van der Waals surface area contributed by atoms with Gasteiger partial charge in [0.1, 0.15) is 0 Å². The summed E-state index contributed by atoms with van der Waals surface area (Å²) < 4.78 is 24.7. The molecule has 0 amide bonds. The Morgan fingerprint density at radius 1 is 1.40 bits per heavy atom. The second-order valence-corrected chi connectivity index (χ2v) is 7.51. The molecule has 0 aromatic carbocycles. The lowest BCUT2D eigenvalue weighted by Crippen LogP contribution is -2.18. The molecule has 0 radical (unpaired) electrons. The van der Waals surface area contributed by atoms with Crippen molar-refractivity contribution in [3.05, 3.63) is 16.5 Å². The van der Waals surface area contributed by atoms with Crippen LogP contribution >= 0.6 is 11.3 Å². The first-order chi connectivity index (χ1) is 9.50. The van der Waals surface area contributed by atoms with E-state index < -0.39 is 10.0 Å². The molecule has 6 nitrogen and oxygen atoms in total. The Morgan fingerprint density at radius 2 is 2.20 bits per heavy atom. The summed E-state index contributed by atoms with van der Waals surface area (Å²) in [5, 5.41) is 12.9. The second-order valence-electron chi connectivity index (χ2n) is 4.92. The molecule has 0 saturated carbocycles. The summed E-state index contributed by atoms with van der Waals surface area (Å²) in [6.07, 6.45) is 4.18. The molecule has 20 heavy (non-hydrogen) atoms. The maximum atomic E-state index is 11.6. The molecule has 0 spiro atoms. The summed E-state index contributed by atoms with van der Waals surface area (Å²) >= 11 is 1.68. The molecule has 2 N–H and O–H groups in total. The molecule has 2 aromatic rings. The smallest absolute Gasteiger partial charge is 0.273 e. The van der Waals surface area contributed by atoms with E-state index in [0.29, 0.717) is 12.4 Å². The molecule has 8 heteroatoms. The second kappa shape index (κ2) is 4.94. The third-order valence-corrected chi connectivity index (χ3v) is 5.43. The predicted octanol–water partition coefficient (Wildman–Crippen LogP) is 1.55. The van der Waals surface area contributed by atoms with E-state index in [1.807, 2.05) is 6.92 Å². The Bertz CT molecular complexity index is 724. The minimum Gasteiger partial charge on any atom is -0.296 e. The number of rotatable bonds is 4. The number of nitrogens with zero attached hydrogens (tertiary/aromatic N) is 3. The van der Waals surface area contributed by atoms with E-state index >= 15 is 0 Å². The first-order valence-electron chi connectivity index (χ1n) is 6.58. The van der Waals surface area contributed by atoms with Crippen molar-refractivity contribution in [1.29, 1.82) is 0 Å². The monoisotopic (exact) mass is 312 g/mol. The third kappa shape index (κ3) is 2.27. The minimum atomic E-state index is -3.84. The van der Waals surface area contributed by atoms with Gasteiger partial charge in [-0.05, 0) is 37.3 Å². The van der Waals surface area contributed by atoms with Crippen LogP contribution in [0.3, 0.4) is 0 Å². The van der Waals surface area contributed by atoms with Crippen LogP contribution in [0, 0.1) is 0 Å². The summed E-state index contributed by atoms with van der Waals surface area (Å²) in [6.45, 7) is 2.52. The fourth-order valence-corrected chi connectivity index (χ4v) is 4.43. The van der Waals surface area contributed by atoms with Gasteiger partial charge in [-0.3, -0.25) is 4.57 Å². The molecule has 1 aliphatic rings. The molecule has 0 aliphatic heterocycles. The first-order valence-corrected chi connectivity index (χ1v) is 8.95. The van der Waals surface area contributed by atoms with Gasteiger partial charge < -0.3 is 0 Å². The molecular weight excluding hydrogens is 296 g/mol. The molecule has 0 bridgehead atoms. The number of hydrogen-bond acceptors (Lipinski definition) is 5. The zero-order valence-electron chi connectivity index (χ0n) is 11.2. The van der Waals surface area contributed by atoms with E-state index in [9.17, 15) is 8.42 Å². The summed E-state index contributed by atoms with van der Waals surface area (Å²) in [5.41, 5.74) is 1.35. The Balaban J connectivity index is 2.11. The van der Waals surface area contributed by atoms with E-state index in [1.165, 1.54) is 16.9 Å². The topological polar surface area (TPSA) is 90.9 Å². The number of aromatic nitrogens is 3. The Morgan fingerprint density at radius 3 is 2.85 bits per heavy atom. The summed E-state index contributed by atoms with van der Waals surface area (Å²) in [4.78, 5) is 2.36. The maximum absolute atomic E-state index is 11.6. The highest BCUT2D eigenvalue weighted by Crippen LogP contribution is 2.36. The van der Waals surface area contributed by atoms with E-state index in [4.69, 9.17) is 5.14 Å². The van der Waals surface area contributed by atoms with Crippen molar-refractivity contribution in [2.75, 3.05) is 0 Å². The highest BCUT2D eigenvalue weighted by atomic mass is 32.2. The Hall–Kier alpha value is -1.25. The van der Waals surface area contributed by atoms with Crippen molar-refractivity contribution in [2.45, 2.75) is 44.3 Å². The van der Waals surface area contributed by atoms with Gasteiger partial charge >= 0.3 is 0 Å². The normalized spacial score (nSPS) is 14.7. The average molecular weight is 312 g/mol. The standard InChI is InChI=1S/C12H16N4O2S2/c1-2-6-16-11(14-15-12(16)20(13,17)18)10-7-8-4-3-5-9(8)19-10/h7H,2-6H2,1H3,(H2,13,17,18). The van der Waals surface area contributed by atoms with Gasteiger partial charge in [0.25, 0.3) is 15.2 Å². The van der Waals surface area contributed by atoms with E-state index in [-0.39, 0.29) is 5.16 Å². The number of nitrogens with two attached hydrogens (primary N) is 1. The average Bonchev–Trinajstić information content (AvgIpc) is 2.98. The number of sulfonamides is 1. The van der Waals surface area contributed by atoms with Crippen LogP contribution in [0.2, 0.25) is 0 Å². The van der Waals surface area contributed by atoms with Gasteiger partial charge in [-0.15, -0.1) is 21.5 Å². The fraction of sp³-hybridized carbons (Fsp3) is 0.500. The van der Waals surface area contributed by atoms with Gasteiger partial charge in [0.05, 0.1) is 4.88 Å². The highest BCUT2D eigenvalue weighted by Gasteiger charge is 2.24. The van der Waals surface area contributed by atoms with E-state index in [2.05, 4.69) is 16.3 Å². The van der Waals surface area contributed by atoms with Crippen LogP contribution in [0.15, 0.2) is 11.2 Å². The van der Waals surface area contributed by atoms with Gasteiger partial charge in [-0.1, -0.05) is 6.92 Å². The predicted molar refractivity (Wildman–Crippen MR) is 77.0 cm³/mol. The number of aryl methyl sites for hydroxylation is 2. The fourth-order valence-electron chi connectivity index (χ4n) is 2.55. The van der Waals surface area contributed by atoms with E-state index in [0.717, 1.165) is 24.1 Å². The first kappa shape index (κ1) is 13.7. The molecular formula is C12H16N4O2S2.